The summed E-state index contributed by atoms with van der Waals surface area (Å²) in [4.78, 5) is 13.9. The Morgan fingerprint density at radius 1 is 1.48 bits per heavy atom. The average molecular weight is 322 g/mol. The standard InChI is InChI=1S/C17H23FN2O3/c1-20(10-15(21)11-7-8-11)17(22)19-14-6-3-9-23-16-12(14)4-2-5-13(16)18/h2,4-5,11,14-15,21H,3,6-10H2,1H3,(H,19,22). The molecule has 0 bridgehead atoms. The number of fused-ring (bicyclic) bond motifs is 1. The first-order valence-electron chi connectivity index (χ1n) is 8.17. The summed E-state index contributed by atoms with van der Waals surface area (Å²) in [5.41, 5.74) is 0.673. The van der Waals surface area contributed by atoms with Crippen molar-refractivity contribution in [3.05, 3.63) is 29.6 Å². The smallest absolute Gasteiger partial charge is 0.317 e. The van der Waals surface area contributed by atoms with E-state index in [0.29, 0.717) is 31.1 Å². The summed E-state index contributed by atoms with van der Waals surface area (Å²) in [5.74, 6) is 0.156. The molecule has 0 aromatic heterocycles. The highest BCUT2D eigenvalue weighted by Crippen LogP contribution is 2.34. The molecule has 0 spiro atoms. The maximum Gasteiger partial charge on any atom is 0.317 e. The fraction of sp³-hybridized carbons (Fsp3) is 0.588. The molecule has 2 N–H and O–H groups in total. The van der Waals surface area contributed by atoms with Crippen LogP contribution >= 0.6 is 0 Å². The Morgan fingerprint density at radius 2 is 2.26 bits per heavy atom. The van der Waals surface area contributed by atoms with Gasteiger partial charge in [-0.05, 0) is 37.7 Å². The molecule has 5 nitrogen and oxygen atoms in total. The van der Waals surface area contributed by atoms with Crippen molar-refractivity contribution in [3.63, 3.8) is 0 Å². The summed E-state index contributed by atoms with van der Waals surface area (Å²) in [6.45, 7) is 0.756. The molecular formula is C17H23FN2O3. The number of nitrogens with zero attached hydrogens (tertiary/aromatic N) is 1. The molecule has 0 saturated heterocycles. The van der Waals surface area contributed by atoms with Crippen LogP contribution in [0.2, 0.25) is 0 Å². The van der Waals surface area contributed by atoms with E-state index in [1.54, 1.807) is 19.2 Å². The van der Waals surface area contributed by atoms with Gasteiger partial charge in [-0.2, -0.15) is 0 Å². The van der Waals surface area contributed by atoms with Gasteiger partial charge in [0.25, 0.3) is 0 Å². The lowest BCUT2D eigenvalue weighted by molar-refractivity contribution is 0.112. The molecule has 1 aliphatic carbocycles. The van der Waals surface area contributed by atoms with Gasteiger partial charge in [-0.3, -0.25) is 0 Å². The molecule has 6 heteroatoms. The van der Waals surface area contributed by atoms with Crippen LogP contribution in [-0.2, 0) is 0 Å². The average Bonchev–Trinajstić information content (AvgIpc) is 3.35. The van der Waals surface area contributed by atoms with Gasteiger partial charge in [-0.15, -0.1) is 0 Å². The lowest BCUT2D eigenvalue weighted by Gasteiger charge is -2.25. The highest BCUT2D eigenvalue weighted by molar-refractivity contribution is 5.74. The number of amides is 2. The predicted octanol–water partition coefficient (Wildman–Crippen LogP) is 2.45. The molecule has 1 heterocycles. The van der Waals surface area contributed by atoms with Crippen molar-refractivity contribution in [1.82, 2.24) is 10.2 Å². The van der Waals surface area contributed by atoms with Crippen LogP contribution in [-0.4, -0.2) is 42.3 Å². The Labute approximate surface area is 135 Å². The Kier molecular flexibility index (Phi) is 4.71. The Bertz CT molecular complexity index is 577. The monoisotopic (exact) mass is 322 g/mol. The van der Waals surface area contributed by atoms with Crippen LogP contribution in [0.3, 0.4) is 0 Å². The van der Waals surface area contributed by atoms with Gasteiger partial charge in [0.05, 0.1) is 18.8 Å². The number of aliphatic hydroxyl groups excluding tert-OH is 1. The van der Waals surface area contributed by atoms with Gasteiger partial charge in [-0.1, -0.05) is 12.1 Å². The molecule has 1 fully saturated rings. The zero-order chi connectivity index (χ0) is 16.4. The second-order valence-electron chi connectivity index (χ2n) is 6.44. The quantitative estimate of drug-likeness (QED) is 0.895. The number of hydrogen-bond acceptors (Lipinski definition) is 3. The fourth-order valence-corrected chi connectivity index (χ4v) is 2.97. The highest BCUT2D eigenvalue weighted by Gasteiger charge is 2.32. The third-order valence-corrected chi connectivity index (χ3v) is 4.53. The van der Waals surface area contributed by atoms with Crippen LogP contribution in [0.4, 0.5) is 9.18 Å². The molecule has 1 aromatic rings. The van der Waals surface area contributed by atoms with Crippen molar-refractivity contribution in [1.29, 1.82) is 0 Å². The minimum Gasteiger partial charge on any atom is -0.490 e. The molecule has 126 valence electrons. The number of aliphatic hydroxyl groups is 1. The Hall–Kier alpha value is -1.82. The van der Waals surface area contributed by atoms with E-state index in [1.807, 2.05) is 0 Å². The number of hydrogen-bond donors (Lipinski definition) is 2. The molecular weight excluding hydrogens is 299 g/mol. The number of likely N-dealkylation sites (N-methyl/N-ethyl adjacent to an activating group) is 1. The maximum atomic E-state index is 13.9. The van der Waals surface area contributed by atoms with Gasteiger partial charge in [0.15, 0.2) is 11.6 Å². The third kappa shape index (κ3) is 3.75. The van der Waals surface area contributed by atoms with Gasteiger partial charge >= 0.3 is 6.03 Å². The van der Waals surface area contributed by atoms with Gasteiger partial charge in [0, 0.05) is 19.2 Å². The lowest BCUT2D eigenvalue weighted by Crippen LogP contribution is -2.43. The number of urea groups is 1. The van der Waals surface area contributed by atoms with Crippen molar-refractivity contribution < 1.29 is 19.0 Å². The molecule has 1 aliphatic heterocycles. The number of benzene rings is 1. The molecule has 3 rings (SSSR count). The molecule has 23 heavy (non-hydrogen) atoms. The van der Waals surface area contributed by atoms with E-state index in [0.717, 1.165) is 19.3 Å². The molecule has 1 saturated carbocycles. The zero-order valence-corrected chi connectivity index (χ0v) is 13.3. The van der Waals surface area contributed by atoms with E-state index < -0.39 is 11.9 Å². The minimum atomic E-state index is -0.465. The van der Waals surface area contributed by atoms with E-state index in [1.165, 1.54) is 11.0 Å². The Morgan fingerprint density at radius 3 is 3.00 bits per heavy atom. The predicted molar refractivity (Wildman–Crippen MR) is 83.8 cm³/mol. The van der Waals surface area contributed by atoms with Crippen LogP contribution in [0, 0.1) is 11.7 Å². The summed E-state index contributed by atoms with van der Waals surface area (Å²) in [6, 6.07) is 4.24. The maximum absolute atomic E-state index is 13.9. The molecule has 0 radical (unpaired) electrons. The molecule has 2 aliphatic rings. The fourth-order valence-electron chi connectivity index (χ4n) is 2.97. The van der Waals surface area contributed by atoms with E-state index >= 15 is 0 Å². The largest absolute Gasteiger partial charge is 0.490 e. The second-order valence-corrected chi connectivity index (χ2v) is 6.44. The van der Waals surface area contributed by atoms with Crippen molar-refractivity contribution in [2.24, 2.45) is 5.92 Å². The van der Waals surface area contributed by atoms with Crippen LogP contribution in [0.15, 0.2) is 18.2 Å². The van der Waals surface area contributed by atoms with Crippen molar-refractivity contribution in [2.45, 2.75) is 37.8 Å². The van der Waals surface area contributed by atoms with Crippen molar-refractivity contribution in [2.75, 3.05) is 20.2 Å². The number of para-hydroxylation sites is 1. The SMILES string of the molecule is CN(CC(O)C1CC1)C(=O)NC1CCCOc2c(F)cccc21. The number of carbonyl (C=O) groups is 1. The molecule has 2 unspecified atom stereocenters. The van der Waals surface area contributed by atoms with Crippen LogP contribution in [0.1, 0.15) is 37.3 Å². The van der Waals surface area contributed by atoms with Crippen molar-refractivity contribution in [3.8, 4) is 5.75 Å². The highest BCUT2D eigenvalue weighted by atomic mass is 19.1. The summed E-state index contributed by atoms with van der Waals surface area (Å²) in [5, 5.41) is 12.9. The second kappa shape index (κ2) is 6.74. The zero-order valence-electron chi connectivity index (χ0n) is 13.3. The van der Waals surface area contributed by atoms with Crippen molar-refractivity contribution >= 4 is 6.03 Å². The number of nitrogens with one attached hydrogen (secondary N) is 1. The first-order chi connectivity index (χ1) is 11.1. The van der Waals surface area contributed by atoms with E-state index in [-0.39, 0.29) is 17.8 Å². The summed E-state index contributed by atoms with van der Waals surface area (Å²) in [6.07, 6.45) is 3.04. The normalized spacial score (nSPS) is 21.6. The van der Waals surface area contributed by atoms with Gasteiger partial charge in [0.2, 0.25) is 0 Å². The van der Waals surface area contributed by atoms with Gasteiger partial charge in [-0.25, -0.2) is 9.18 Å². The number of halogens is 1. The van der Waals surface area contributed by atoms with Gasteiger partial charge in [0.1, 0.15) is 0 Å². The number of ether oxygens (including phenoxy) is 1. The molecule has 2 amide bonds. The number of carbonyl (C=O) groups excluding carboxylic acids is 1. The minimum absolute atomic E-state index is 0.232. The topological polar surface area (TPSA) is 61.8 Å². The lowest BCUT2D eigenvalue weighted by atomic mass is 10.0. The van der Waals surface area contributed by atoms with Gasteiger partial charge < -0.3 is 20.1 Å². The Balaban J connectivity index is 1.67. The van der Waals surface area contributed by atoms with Crippen LogP contribution in [0.25, 0.3) is 0 Å². The third-order valence-electron chi connectivity index (χ3n) is 4.53. The van der Waals surface area contributed by atoms with Crippen LogP contribution < -0.4 is 10.1 Å². The first-order valence-corrected chi connectivity index (χ1v) is 8.17. The summed E-state index contributed by atoms with van der Waals surface area (Å²) >= 11 is 0. The van der Waals surface area contributed by atoms with E-state index in [9.17, 15) is 14.3 Å². The van der Waals surface area contributed by atoms with Crippen LogP contribution in [0.5, 0.6) is 5.75 Å². The number of rotatable bonds is 4. The molecule has 1 aromatic carbocycles. The van der Waals surface area contributed by atoms with E-state index in [2.05, 4.69) is 5.32 Å². The summed E-state index contributed by atoms with van der Waals surface area (Å²) in [7, 11) is 1.67. The van der Waals surface area contributed by atoms with E-state index in [4.69, 9.17) is 4.74 Å². The molecule has 2 atom stereocenters. The summed E-state index contributed by atoms with van der Waals surface area (Å²) < 4.78 is 19.4. The first kappa shape index (κ1) is 16.1.